The Morgan fingerprint density at radius 2 is 2.07 bits per heavy atom. The molecule has 0 saturated heterocycles. The topological polar surface area (TPSA) is 0 Å². The maximum atomic E-state index is 2.41. The minimum atomic E-state index is 1.10. The minimum Gasteiger partial charge on any atom is -0.0801 e. The molecule has 3 rings (SSSR count). The van der Waals surface area contributed by atoms with Crippen molar-refractivity contribution in [1.29, 1.82) is 0 Å². The lowest BCUT2D eigenvalue weighted by molar-refractivity contribution is 0.819. The second-order valence-electron chi connectivity index (χ2n) is 4.55. The average Bonchev–Trinajstić information content (AvgIpc) is 2.48. The standard InChI is InChI=1S/C15H16/c1-11-9-10-13-7-4-6-12-5-2-3-8-14(11)15(12)13/h3,5,8-10H,2,4,6-7H2,1H3. The highest BCUT2D eigenvalue weighted by atomic mass is 14.2. The van der Waals surface area contributed by atoms with Gasteiger partial charge in [0.2, 0.25) is 0 Å². The summed E-state index contributed by atoms with van der Waals surface area (Å²) >= 11 is 0. The third-order valence-corrected chi connectivity index (χ3v) is 3.55. The van der Waals surface area contributed by atoms with Crippen molar-refractivity contribution in [3.63, 3.8) is 0 Å². The van der Waals surface area contributed by atoms with Crippen molar-refractivity contribution in [2.24, 2.45) is 0 Å². The molecule has 0 heteroatoms. The van der Waals surface area contributed by atoms with E-state index in [1.807, 2.05) is 0 Å². The van der Waals surface area contributed by atoms with Gasteiger partial charge >= 0.3 is 0 Å². The summed E-state index contributed by atoms with van der Waals surface area (Å²) in [5.74, 6) is 0. The van der Waals surface area contributed by atoms with Gasteiger partial charge in [-0.25, -0.2) is 0 Å². The van der Waals surface area contributed by atoms with E-state index >= 15 is 0 Å². The molecule has 0 heterocycles. The van der Waals surface area contributed by atoms with Gasteiger partial charge in [0, 0.05) is 0 Å². The number of aryl methyl sites for hydroxylation is 2. The van der Waals surface area contributed by atoms with Gasteiger partial charge in [-0.15, -0.1) is 0 Å². The first-order chi connectivity index (χ1) is 7.36. The zero-order valence-corrected chi connectivity index (χ0v) is 9.22. The van der Waals surface area contributed by atoms with E-state index in [9.17, 15) is 0 Å². The van der Waals surface area contributed by atoms with Gasteiger partial charge < -0.3 is 0 Å². The Morgan fingerprint density at radius 3 is 3.00 bits per heavy atom. The van der Waals surface area contributed by atoms with Crippen LogP contribution in [-0.2, 0) is 6.42 Å². The second-order valence-corrected chi connectivity index (χ2v) is 4.55. The number of rotatable bonds is 0. The molecule has 0 N–H and O–H groups in total. The van der Waals surface area contributed by atoms with Crippen LogP contribution in [0, 0.1) is 6.92 Å². The number of hydrogen-bond acceptors (Lipinski definition) is 0. The molecule has 0 nitrogen and oxygen atoms in total. The van der Waals surface area contributed by atoms with Crippen LogP contribution in [0.5, 0.6) is 0 Å². The molecule has 0 atom stereocenters. The Labute approximate surface area is 91.3 Å². The molecule has 0 aliphatic heterocycles. The molecule has 0 spiro atoms. The highest BCUT2D eigenvalue weighted by molar-refractivity contribution is 5.80. The van der Waals surface area contributed by atoms with Crippen molar-refractivity contribution < 1.29 is 0 Å². The number of benzene rings is 1. The summed E-state index contributed by atoms with van der Waals surface area (Å²) in [4.78, 5) is 0. The fourth-order valence-corrected chi connectivity index (χ4v) is 2.77. The Bertz CT molecular complexity index is 461. The summed E-state index contributed by atoms with van der Waals surface area (Å²) in [7, 11) is 0. The zero-order chi connectivity index (χ0) is 10.3. The minimum absolute atomic E-state index is 1.10. The normalized spacial score (nSPS) is 18.1. The van der Waals surface area contributed by atoms with Crippen LogP contribution in [0.25, 0.3) is 11.6 Å². The van der Waals surface area contributed by atoms with Gasteiger partial charge in [0.1, 0.15) is 0 Å². The molecule has 76 valence electrons. The monoisotopic (exact) mass is 196 g/mol. The third kappa shape index (κ3) is 1.36. The van der Waals surface area contributed by atoms with Gasteiger partial charge in [0.15, 0.2) is 0 Å². The third-order valence-electron chi connectivity index (χ3n) is 3.55. The Balaban J connectivity index is 2.33. The molecule has 0 saturated carbocycles. The summed E-state index contributed by atoms with van der Waals surface area (Å²) in [5, 5.41) is 0. The van der Waals surface area contributed by atoms with Crippen LogP contribution in [0.4, 0.5) is 0 Å². The molecule has 0 unspecified atom stereocenters. The second kappa shape index (κ2) is 3.37. The van der Waals surface area contributed by atoms with E-state index in [1.54, 1.807) is 16.7 Å². The van der Waals surface area contributed by atoms with E-state index in [2.05, 4.69) is 37.3 Å². The average molecular weight is 196 g/mol. The van der Waals surface area contributed by atoms with E-state index in [0.29, 0.717) is 0 Å². The summed E-state index contributed by atoms with van der Waals surface area (Å²) in [6.07, 6.45) is 11.9. The summed E-state index contributed by atoms with van der Waals surface area (Å²) in [6.45, 7) is 2.22. The van der Waals surface area contributed by atoms with Crippen molar-refractivity contribution >= 4 is 11.6 Å². The fourth-order valence-electron chi connectivity index (χ4n) is 2.77. The molecule has 0 aromatic heterocycles. The Hall–Kier alpha value is -1.30. The van der Waals surface area contributed by atoms with E-state index in [1.165, 1.54) is 30.4 Å². The first-order valence-corrected chi connectivity index (χ1v) is 5.84. The summed E-state index contributed by atoms with van der Waals surface area (Å²) in [6, 6.07) is 4.59. The maximum Gasteiger partial charge on any atom is -0.0120 e. The quantitative estimate of drug-likeness (QED) is 0.585. The van der Waals surface area contributed by atoms with E-state index < -0.39 is 0 Å². The van der Waals surface area contributed by atoms with E-state index in [0.717, 1.165) is 6.42 Å². The first kappa shape index (κ1) is 8.96. The predicted molar refractivity (Wildman–Crippen MR) is 65.7 cm³/mol. The molecule has 1 aromatic carbocycles. The van der Waals surface area contributed by atoms with Crippen molar-refractivity contribution in [2.75, 3.05) is 0 Å². The van der Waals surface area contributed by atoms with Crippen LogP contribution in [-0.4, -0.2) is 0 Å². The van der Waals surface area contributed by atoms with Crippen LogP contribution in [0.3, 0.4) is 0 Å². The summed E-state index contributed by atoms with van der Waals surface area (Å²) in [5.41, 5.74) is 7.57. The Kier molecular flexibility index (Phi) is 2.02. The molecular weight excluding hydrogens is 180 g/mol. The maximum absolute atomic E-state index is 2.41. The largest absolute Gasteiger partial charge is 0.0801 e. The van der Waals surface area contributed by atoms with Crippen LogP contribution in [0.2, 0.25) is 0 Å². The van der Waals surface area contributed by atoms with Gasteiger partial charge in [-0.3, -0.25) is 0 Å². The van der Waals surface area contributed by atoms with Gasteiger partial charge in [-0.1, -0.05) is 30.4 Å². The molecule has 0 fully saturated rings. The van der Waals surface area contributed by atoms with Crippen LogP contribution in [0.15, 0.2) is 24.3 Å². The SMILES string of the molecule is Cc1ccc2c3c1C=CCC=C3CCC2. The molecule has 2 aliphatic carbocycles. The zero-order valence-electron chi connectivity index (χ0n) is 9.22. The van der Waals surface area contributed by atoms with Crippen molar-refractivity contribution in [1.82, 2.24) is 0 Å². The molecule has 0 bridgehead atoms. The fraction of sp³-hybridized carbons (Fsp3) is 0.333. The molecule has 0 radical (unpaired) electrons. The van der Waals surface area contributed by atoms with Gasteiger partial charge in [0.05, 0.1) is 0 Å². The van der Waals surface area contributed by atoms with E-state index in [4.69, 9.17) is 0 Å². The molecule has 1 aromatic rings. The molecular formula is C15H16. The smallest absolute Gasteiger partial charge is 0.0120 e. The van der Waals surface area contributed by atoms with E-state index in [-0.39, 0.29) is 0 Å². The van der Waals surface area contributed by atoms with Crippen LogP contribution < -0.4 is 0 Å². The lowest BCUT2D eigenvalue weighted by Crippen LogP contribution is -2.04. The van der Waals surface area contributed by atoms with Crippen LogP contribution >= 0.6 is 0 Å². The molecule has 2 aliphatic rings. The van der Waals surface area contributed by atoms with Gasteiger partial charge in [-0.05, 0) is 60.4 Å². The summed E-state index contributed by atoms with van der Waals surface area (Å²) < 4.78 is 0. The first-order valence-electron chi connectivity index (χ1n) is 5.84. The highest BCUT2D eigenvalue weighted by Crippen LogP contribution is 2.37. The Morgan fingerprint density at radius 1 is 1.13 bits per heavy atom. The number of allylic oxidation sites excluding steroid dienone is 3. The molecule has 15 heavy (non-hydrogen) atoms. The highest BCUT2D eigenvalue weighted by Gasteiger charge is 2.18. The van der Waals surface area contributed by atoms with Crippen molar-refractivity contribution in [2.45, 2.75) is 32.6 Å². The van der Waals surface area contributed by atoms with Crippen molar-refractivity contribution in [3.8, 4) is 0 Å². The lowest BCUT2D eigenvalue weighted by atomic mass is 9.83. The number of hydrogen-bond donors (Lipinski definition) is 0. The van der Waals surface area contributed by atoms with Gasteiger partial charge in [0.25, 0.3) is 0 Å². The van der Waals surface area contributed by atoms with Crippen molar-refractivity contribution in [3.05, 3.63) is 46.5 Å². The molecule has 0 amide bonds. The van der Waals surface area contributed by atoms with Crippen LogP contribution in [0.1, 0.15) is 41.5 Å². The lowest BCUT2D eigenvalue weighted by Gasteiger charge is -2.22. The predicted octanol–water partition coefficient (Wildman–Crippen LogP) is 4.13. The van der Waals surface area contributed by atoms with Gasteiger partial charge in [-0.2, -0.15) is 0 Å².